The van der Waals surface area contributed by atoms with E-state index in [1.165, 1.54) is 24.0 Å². The molecule has 0 spiro atoms. The van der Waals surface area contributed by atoms with Gasteiger partial charge in [0.15, 0.2) is 0 Å². The van der Waals surface area contributed by atoms with Crippen LogP contribution in [0.4, 0.5) is 0 Å². The lowest BCUT2D eigenvalue weighted by molar-refractivity contribution is 0.0953. The predicted molar refractivity (Wildman–Crippen MR) is 116 cm³/mol. The minimum Gasteiger partial charge on any atom is -0.497 e. The van der Waals surface area contributed by atoms with Gasteiger partial charge in [0.2, 0.25) is 0 Å². The molecule has 0 saturated carbocycles. The van der Waals surface area contributed by atoms with E-state index in [0.717, 1.165) is 11.1 Å². The Balaban J connectivity index is 1.75. The highest BCUT2D eigenvalue weighted by atomic mass is 16.5. The molecule has 1 N–H and O–H groups in total. The van der Waals surface area contributed by atoms with Gasteiger partial charge in [0.25, 0.3) is 11.5 Å². The Hall–Kier alpha value is -3.87. The van der Waals surface area contributed by atoms with Crippen LogP contribution < -0.4 is 20.5 Å². The van der Waals surface area contributed by atoms with Crippen LogP contribution in [-0.4, -0.2) is 30.9 Å². The SMILES string of the molecule is COc1ccc(OC)c(/C=N\NC(=O)c2cccn(Cc3ccc(C)cc3)c2=O)c1. The van der Waals surface area contributed by atoms with Crippen molar-refractivity contribution in [2.24, 2.45) is 5.10 Å². The van der Waals surface area contributed by atoms with Crippen LogP contribution in [0.5, 0.6) is 11.5 Å². The number of hydrogen-bond acceptors (Lipinski definition) is 5. The molecule has 3 aromatic rings. The zero-order chi connectivity index (χ0) is 21.5. The summed E-state index contributed by atoms with van der Waals surface area (Å²) in [5.74, 6) is 0.621. The van der Waals surface area contributed by atoms with E-state index in [2.05, 4.69) is 10.5 Å². The van der Waals surface area contributed by atoms with E-state index in [1.54, 1.807) is 37.6 Å². The second kappa shape index (κ2) is 9.56. The number of nitrogens with zero attached hydrogens (tertiary/aromatic N) is 2. The van der Waals surface area contributed by atoms with Gasteiger partial charge in [0.05, 0.1) is 27.0 Å². The number of aryl methyl sites for hydroxylation is 1. The number of methoxy groups -OCH3 is 2. The van der Waals surface area contributed by atoms with Gasteiger partial charge in [-0.25, -0.2) is 5.43 Å². The summed E-state index contributed by atoms with van der Waals surface area (Å²) in [5, 5.41) is 3.96. The van der Waals surface area contributed by atoms with Crippen LogP contribution in [0.25, 0.3) is 0 Å². The predicted octanol–water partition coefficient (Wildman–Crippen LogP) is 2.99. The summed E-state index contributed by atoms with van der Waals surface area (Å²) in [6.07, 6.45) is 3.09. The molecule has 2 aromatic carbocycles. The van der Waals surface area contributed by atoms with Gasteiger partial charge in [0, 0.05) is 11.8 Å². The first-order chi connectivity index (χ1) is 14.5. The zero-order valence-electron chi connectivity index (χ0n) is 17.1. The molecule has 7 heteroatoms. The maximum Gasteiger partial charge on any atom is 0.276 e. The Morgan fingerprint density at radius 1 is 1.10 bits per heavy atom. The number of hydrazone groups is 1. The maximum atomic E-state index is 12.7. The van der Waals surface area contributed by atoms with Gasteiger partial charge in [-0.2, -0.15) is 5.10 Å². The van der Waals surface area contributed by atoms with Crippen molar-refractivity contribution in [3.8, 4) is 11.5 Å². The highest BCUT2D eigenvalue weighted by Crippen LogP contribution is 2.22. The average molecular weight is 405 g/mol. The van der Waals surface area contributed by atoms with Crippen molar-refractivity contribution in [1.29, 1.82) is 0 Å². The fourth-order valence-electron chi connectivity index (χ4n) is 2.89. The summed E-state index contributed by atoms with van der Waals surface area (Å²) in [4.78, 5) is 25.2. The Morgan fingerprint density at radius 2 is 1.87 bits per heavy atom. The summed E-state index contributed by atoms with van der Waals surface area (Å²) in [6, 6.07) is 16.3. The number of pyridine rings is 1. The molecule has 0 aliphatic carbocycles. The zero-order valence-corrected chi connectivity index (χ0v) is 17.1. The standard InChI is InChI=1S/C23H23N3O4/c1-16-6-8-17(9-7-16)15-26-12-4-5-20(23(26)28)22(27)25-24-14-18-13-19(29-2)10-11-21(18)30-3/h4-14H,15H2,1-3H3,(H,25,27)/b24-14-. The van der Waals surface area contributed by atoms with Crippen LogP contribution in [0.15, 0.2) is 70.7 Å². The van der Waals surface area contributed by atoms with Crippen LogP contribution in [-0.2, 0) is 6.54 Å². The van der Waals surface area contributed by atoms with Crippen LogP contribution in [0, 0.1) is 6.92 Å². The van der Waals surface area contributed by atoms with Crippen molar-refractivity contribution in [3.63, 3.8) is 0 Å². The first-order valence-corrected chi connectivity index (χ1v) is 9.32. The molecule has 3 rings (SSSR count). The van der Waals surface area contributed by atoms with Gasteiger partial charge in [-0.3, -0.25) is 9.59 Å². The normalized spacial score (nSPS) is 10.8. The first kappa shape index (κ1) is 20.9. The Labute approximate surface area is 174 Å². The van der Waals surface area contributed by atoms with Gasteiger partial charge in [-0.05, 0) is 42.8 Å². The molecule has 0 saturated heterocycles. The van der Waals surface area contributed by atoms with Crippen LogP contribution in [0.2, 0.25) is 0 Å². The van der Waals surface area contributed by atoms with Gasteiger partial charge in [-0.15, -0.1) is 0 Å². The van der Waals surface area contributed by atoms with Crippen molar-refractivity contribution in [3.05, 3.63) is 93.4 Å². The molecule has 0 atom stereocenters. The second-order valence-electron chi connectivity index (χ2n) is 6.65. The fourth-order valence-corrected chi connectivity index (χ4v) is 2.89. The van der Waals surface area contributed by atoms with E-state index in [0.29, 0.717) is 23.6 Å². The molecule has 0 aliphatic rings. The van der Waals surface area contributed by atoms with Gasteiger partial charge >= 0.3 is 0 Å². The Bertz CT molecular complexity index is 1120. The van der Waals surface area contributed by atoms with E-state index in [1.807, 2.05) is 31.2 Å². The number of benzene rings is 2. The Morgan fingerprint density at radius 3 is 2.57 bits per heavy atom. The summed E-state index contributed by atoms with van der Waals surface area (Å²) < 4.78 is 12.0. The lowest BCUT2D eigenvalue weighted by atomic mass is 10.1. The van der Waals surface area contributed by atoms with E-state index in [-0.39, 0.29) is 11.1 Å². The van der Waals surface area contributed by atoms with E-state index < -0.39 is 5.91 Å². The van der Waals surface area contributed by atoms with Crippen molar-refractivity contribution >= 4 is 12.1 Å². The van der Waals surface area contributed by atoms with Crippen LogP contribution >= 0.6 is 0 Å². The molecule has 1 aromatic heterocycles. The minimum absolute atomic E-state index is 0.0133. The second-order valence-corrected chi connectivity index (χ2v) is 6.65. The smallest absolute Gasteiger partial charge is 0.276 e. The molecule has 1 heterocycles. The molecule has 7 nitrogen and oxygen atoms in total. The summed E-state index contributed by atoms with van der Waals surface area (Å²) >= 11 is 0. The number of nitrogens with one attached hydrogen (secondary N) is 1. The average Bonchev–Trinajstić information content (AvgIpc) is 2.76. The summed E-state index contributed by atoms with van der Waals surface area (Å²) in [7, 11) is 3.10. The van der Waals surface area contributed by atoms with Crippen molar-refractivity contribution in [2.75, 3.05) is 14.2 Å². The monoisotopic (exact) mass is 405 g/mol. The van der Waals surface area contributed by atoms with Gasteiger partial charge < -0.3 is 14.0 Å². The summed E-state index contributed by atoms with van der Waals surface area (Å²) in [5.41, 5.74) is 4.77. The van der Waals surface area contributed by atoms with Gasteiger partial charge in [0.1, 0.15) is 17.1 Å². The highest BCUT2D eigenvalue weighted by molar-refractivity contribution is 5.94. The number of aromatic nitrogens is 1. The lowest BCUT2D eigenvalue weighted by Crippen LogP contribution is -2.30. The molecule has 0 radical (unpaired) electrons. The molecule has 0 aliphatic heterocycles. The number of ether oxygens (including phenoxy) is 2. The van der Waals surface area contributed by atoms with Crippen molar-refractivity contribution in [1.82, 2.24) is 9.99 Å². The quantitative estimate of drug-likeness (QED) is 0.484. The molecule has 30 heavy (non-hydrogen) atoms. The number of carbonyl (C=O) groups is 1. The molecule has 0 bridgehead atoms. The fraction of sp³-hybridized carbons (Fsp3) is 0.174. The molecule has 154 valence electrons. The highest BCUT2D eigenvalue weighted by Gasteiger charge is 2.12. The van der Waals surface area contributed by atoms with E-state index in [4.69, 9.17) is 9.47 Å². The third kappa shape index (κ3) is 4.94. The first-order valence-electron chi connectivity index (χ1n) is 9.32. The van der Waals surface area contributed by atoms with Crippen molar-refractivity contribution < 1.29 is 14.3 Å². The number of amides is 1. The molecule has 1 amide bonds. The third-order valence-corrected chi connectivity index (χ3v) is 4.54. The van der Waals surface area contributed by atoms with E-state index >= 15 is 0 Å². The van der Waals surface area contributed by atoms with Crippen LogP contribution in [0.1, 0.15) is 27.0 Å². The number of carbonyl (C=O) groups excluding carboxylic acids is 1. The molecule has 0 unspecified atom stereocenters. The van der Waals surface area contributed by atoms with Gasteiger partial charge in [-0.1, -0.05) is 29.8 Å². The molecular formula is C23H23N3O4. The Kier molecular flexibility index (Phi) is 6.64. The third-order valence-electron chi connectivity index (χ3n) is 4.54. The minimum atomic E-state index is -0.587. The number of rotatable bonds is 7. The van der Waals surface area contributed by atoms with Crippen molar-refractivity contribution in [2.45, 2.75) is 13.5 Å². The summed E-state index contributed by atoms with van der Waals surface area (Å²) in [6.45, 7) is 2.38. The number of hydrogen-bond donors (Lipinski definition) is 1. The largest absolute Gasteiger partial charge is 0.497 e. The van der Waals surface area contributed by atoms with Crippen LogP contribution in [0.3, 0.4) is 0 Å². The van der Waals surface area contributed by atoms with E-state index in [9.17, 15) is 9.59 Å². The molecular weight excluding hydrogens is 382 g/mol. The molecule has 0 fully saturated rings. The maximum absolute atomic E-state index is 12.7. The topological polar surface area (TPSA) is 81.9 Å². The lowest BCUT2D eigenvalue weighted by Gasteiger charge is -2.08.